The van der Waals surface area contributed by atoms with Crippen LogP contribution in [0.15, 0.2) is 34.2 Å². The van der Waals surface area contributed by atoms with Crippen LogP contribution in [0.3, 0.4) is 0 Å². The summed E-state index contributed by atoms with van der Waals surface area (Å²) in [6.45, 7) is 5.52. The quantitative estimate of drug-likeness (QED) is 0.737. The van der Waals surface area contributed by atoms with Crippen LogP contribution in [0.4, 0.5) is 0 Å². The maximum Gasteiger partial charge on any atom is 0.250 e. The molecule has 2 aromatic rings. The number of aliphatic hydroxyl groups excluding tert-OH is 2. The predicted molar refractivity (Wildman–Crippen MR) is 102 cm³/mol. The Balaban J connectivity index is 0.000000450. The van der Waals surface area contributed by atoms with Gasteiger partial charge >= 0.3 is 0 Å². The van der Waals surface area contributed by atoms with Gasteiger partial charge in [0, 0.05) is 22.7 Å². The van der Waals surface area contributed by atoms with E-state index in [1.54, 1.807) is 11.8 Å². The van der Waals surface area contributed by atoms with E-state index >= 15 is 0 Å². The lowest BCUT2D eigenvalue weighted by molar-refractivity contribution is 0.0923. The van der Waals surface area contributed by atoms with E-state index in [0.717, 1.165) is 21.2 Å². The minimum Gasteiger partial charge on any atom is -0.394 e. The number of hydrogen-bond acceptors (Lipinski definition) is 4. The fourth-order valence-corrected chi connectivity index (χ4v) is 3.57. The second-order valence-corrected chi connectivity index (χ2v) is 7.12. The van der Waals surface area contributed by atoms with Gasteiger partial charge in [-0.3, -0.25) is 4.79 Å². The van der Waals surface area contributed by atoms with Crippen molar-refractivity contribution in [3.8, 4) is 0 Å². The second kappa shape index (κ2) is 9.87. The van der Waals surface area contributed by atoms with Crippen molar-refractivity contribution < 1.29 is 15.0 Å². The van der Waals surface area contributed by atoms with Gasteiger partial charge in [-0.15, -0.1) is 0 Å². The van der Waals surface area contributed by atoms with E-state index in [1.807, 2.05) is 56.7 Å². The third kappa shape index (κ3) is 5.78. The van der Waals surface area contributed by atoms with Crippen LogP contribution in [0.25, 0.3) is 0 Å². The molecule has 138 valence electrons. The second-order valence-electron chi connectivity index (χ2n) is 5.62. The number of carbonyl (C=O) groups is 1. The Hall–Kier alpha value is -1.47. The van der Waals surface area contributed by atoms with Crippen molar-refractivity contribution in [2.45, 2.75) is 43.2 Å². The summed E-state index contributed by atoms with van der Waals surface area (Å²) in [5.41, 5.74) is 7.83. The van der Waals surface area contributed by atoms with Gasteiger partial charge in [-0.05, 0) is 44.0 Å². The molecule has 0 aliphatic carbocycles. The van der Waals surface area contributed by atoms with Crippen molar-refractivity contribution >= 4 is 29.3 Å². The van der Waals surface area contributed by atoms with Crippen molar-refractivity contribution in [2.75, 3.05) is 6.61 Å². The molecule has 1 amide bonds. The topological polar surface area (TPSA) is 88.5 Å². The van der Waals surface area contributed by atoms with Crippen LogP contribution >= 0.6 is 23.4 Å². The van der Waals surface area contributed by atoms with Gasteiger partial charge in [-0.25, -0.2) is 0 Å². The summed E-state index contributed by atoms with van der Waals surface area (Å²) < 4.78 is 1.99. The monoisotopic (exact) mass is 384 g/mol. The molecular formula is C18H25ClN2O3S. The van der Waals surface area contributed by atoms with E-state index in [9.17, 15) is 4.79 Å². The van der Waals surface area contributed by atoms with Crippen LogP contribution in [-0.4, -0.2) is 33.4 Å². The average Bonchev–Trinajstić information content (AvgIpc) is 2.78. The molecule has 2 rings (SSSR count). The molecule has 4 N–H and O–H groups in total. The van der Waals surface area contributed by atoms with E-state index in [4.69, 9.17) is 27.5 Å². The van der Waals surface area contributed by atoms with Gasteiger partial charge in [0.15, 0.2) is 0 Å². The molecule has 1 heterocycles. The number of carbonyl (C=O) groups excluding carboxylic acids is 1. The van der Waals surface area contributed by atoms with Crippen LogP contribution in [0.2, 0.25) is 5.02 Å². The smallest absolute Gasteiger partial charge is 0.250 e. The highest BCUT2D eigenvalue weighted by atomic mass is 35.5. The van der Waals surface area contributed by atoms with Crippen LogP contribution in [0.1, 0.15) is 35.0 Å². The SMILES string of the molecule is CCC(O)CO.Cc1c(C(N)=O)c(C)n(C)c1Sc1cccc(Cl)c1. The summed E-state index contributed by atoms with van der Waals surface area (Å²) in [6.07, 6.45) is 0.126. The van der Waals surface area contributed by atoms with Gasteiger partial charge in [-0.1, -0.05) is 36.4 Å². The highest BCUT2D eigenvalue weighted by molar-refractivity contribution is 7.99. The van der Waals surface area contributed by atoms with Crippen LogP contribution in [0.5, 0.6) is 0 Å². The van der Waals surface area contributed by atoms with Crippen LogP contribution in [0, 0.1) is 13.8 Å². The highest BCUT2D eigenvalue weighted by Crippen LogP contribution is 2.35. The molecule has 1 aromatic heterocycles. The van der Waals surface area contributed by atoms with Gasteiger partial charge in [-0.2, -0.15) is 0 Å². The zero-order valence-electron chi connectivity index (χ0n) is 14.9. The number of aliphatic hydroxyl groups is 2. The first-order chi connectivity index (χ1) is 11.7. The maximum absolute atomic E-state index is 11.5. The number of halogens is 1. The van der Waals surface area contributed by atoms with Gasteiger partial charge in [0.05, 0.1) is 23.3 Å². The summed E-state index contributed by atoms with van der Waals surface area (Å²) in [7, 11) is 1.93. The summed E-state index contributed by atoms with van der Waals surface area (Å²) in [5, 5.41) is 18.2. The average molecular weight is 385 g/mol. The van der Waals surface area contributed by atoms with E-state index in [-0.39, 0.29) is 12.5 Å². The van der Waals surface area contributed by atoms with E-state index < -0.39 is 6.10 Å². The summed E-state index contributed by atoms with van der Waals surface area (Å²) >= 11 is 7.56. The predicted octanol–water partition coefficient (Wildman–Crippen LogP) is 3.30. The number of amides is 1. The zero-order valence-corrected chi connectivity index (χ0v) is 16.5. The third-order valence-corrected chi connectivity index (χ3v) is 5.30. The Morgan fingerprint density at radius 1 is 1.40 bits per heavy atom. The van der Waals surface area contributed by atoms with Gasteiger partial charge in [0.2, 0.25) is 0 Å². The molecule has 5 nitrogen and oxygen atoms in total. The molecule has 1 atom stereocenters. The Morgan fingerprint density at radius 3 is 2.44 bits per heavy atom. The molecule has 0 fully saturated rings. The fourth-order valence-electron chi connectivity index (χ4n) is 2.23. The molecule has 0 saturated heterocycles. The lowest BCUT2D eigenvalue weighted by Crippen LogP contribution is -2.13. The van der Waals surface area contributed by atoms with Gasteiger partial charge in [0.1, 0.15) is 0 Å². The highest BCUT2D eigenvalue weighted by Gasteiger charge is 2.19. The normalized spacial score (nSPS) is 11.6. The molecular weight excluding hydrogens is 360 g/mol. The van der Waals surface area contributed by atoms with Gasteiger partial charge in [0.25, 0.3) is 5.91 Å². The van der Waals surface area contributed by atoms with Crippen LogP contribution < -0.4 is 5.73 Å². The fraction of sp³-hybridized carbons (Fsp3) is 0.389. The number of nitrogens with zero attached hydrogens (tertiary/aromatic N) is 1. The molecule has 25 heavy (non-hydrogen) atoms. The summed E-state index contributed by atoms with van der Waals surface area (Å²) in [5.74, 6) is -0.386. The minimum absolute atomic E-state index is 0.115. The number of nitrogens with two attached hydrogens (primary N) is 1. The number of primary amides is 1. The van der Waals surface area contributed by atoms with Crippen LogP contribution in [-0.2, 0) is 7.05 Å². The molecule has 0 aliphatic heterocycles. The third-order valence-electron chi connectivity index (χ3n) is 3.80. The van der Waals surface area contributed by atoms with Crippen molar-refractivity contribution in [3.63, 3.8) is 0 Å². The van der Waals surface area contributed by atoms with Gasteiger partial charge < -0.3 is 20.5 Å². The van der Waals surface area contributed by atoms with E-state index in [0.29, 0.717) is 17.0 Å². The maximum atomic E-state index is 11.5. The van der Waals surface area contributed by atoms with Crippen molar-refractivity contribution in [2.24, 2.45) is 12.8 Å². The van der Waals surface area contributed by atoms with Crippen molar-refractivity contribution in [1.29, 1.82) is 0 Å². The molecule has 7 heteroatoms. The molecule has 0 spiro atoms. The van der Waals surface area contributed by atoms with Crippen molar-refractivity contribution in [1.82, 2.24) is 4.57 Å². The lowest BCUT2D eigenvalue weighted by Gasteiger charge is -2.06. The van der Waals surface area contributed by atoms with E-state index in [2.05, 4.69) is 0 Å². The Bertz CT molecular complexity index is 727. The minimum atomic E-state index is -0.509. The Morgan fingerprint density at radius 2 is 2.04 bits per heavy atom. The number of aromatic nitrogens is 1. The largest absolute Gasteiger partial charge is 0.394 e. The van der Waals surface area contributed by atoms with Crippen molar-refractivity contribution in [3.05, 3.63) is 46.1 Å². The first-order valence-electron chi connectivity index (χ1n) is 7.90. The number of hydrogen-bond donors (Lipinski definition) is 3. The Kier molecular flexibility index (Phi) is 8.52. The first-order valence-corrected chi connectivity index (χ1v) is 9.10. The van der Waals surface area contributed by atoms with E-state index in [1.165, 1.54) is 0 Å². The number of rotatable bonds is 5. The lowest BCUT2D eigenvalue weighted by atomic mass is 10.1. The molecule has 1 unspecified atom stereocenters. The first kappa shape index (κ1) is 21.6. The summed E-state index contributed by atoms with van der Waals surface area (Å²) in [4.78, 5) is 12.5. The molecule has 0 saturated carbocycles. The summed E-state index contributed by atoms with van der Waals surface area (Å²) in [6, 6.07) is 7.63. The zero-order chi connectivity index (χ0) is 19.1. The molecule has 0 radical (unpaired) electrons. The molecule has 0 bridgehead atoms. The molecule has 0 aliphatic rings. The number of benzene rings is 1. The molecule has 1 aromatic carbocycles. The Labute approximate surface area is 157 Å². The standard InChI is InChI=1S/C14H15ClN2OS.C4H10O2/c1-8-12(13(16)18)9(2)17(3)14(8)19-11-6-4-5-10(15)7-11;1-2-4(6)3-5/h4-7H,1-3H3,(H2,16,18);4-6H,2-3H2,1H3.